The third kappa shape index (κ3) is 3.24. The molecule has 0 radical (unpaired) electrons. The summed E-state index contributed by atoms with van der Waals surface area (Å²) in [5, 5.41) is 8.63. The van der Waals surface area contributed by atoms with Crippen molar-refractivity contribution in [3.8, 4) is 17.5 Å². The van der Waals surface area contributed by atoms with Crippen molar-refractivity contribution in [2.24, 2.45) is 0 Å². The molecule has 0 fully saturated rings. The van der Waals surface area contributed by atoms with Crippen LogP contribution in [0, 0.1) is 11.8 Å². The fourth-order valence-corrected chi connectivity index (χ4v) is 1.56. The molecule has 0 atom stereocenters. The SMILES string of the molecule is OCCCC#Cc1ccc(-n2cccc2)cc1. The first-order valence-electron chi connectivity index (χ1n) is 5.73. The van der Waals surface area contributed by atoms with Gasteiger partial charge in [-0.2, -0.15) is 0 Å². The Morgan fingerprint density at radius 2 is 1.76 bits per heavy atom. The Morgan fingerprint density at radius 3 is 2.41 bits per heavy atom. The van der Waals surface area contributed by atoms with Crippen LogP contribution in [0.1, 0.15) is 18.4 Å². The highest BCUT2D eigenvalue weighted by molar-refractivity contribution is 5.41. The predicted molar refractivity (Wildman–Crippen MR) is 69.0 cm³/mol. The first-order valence-corrected chi connectivity index (χ1v) is 5.73. The molecule has 0 unspecified atom stereocenters. The number of hydrogen-bond acceptors (Lipinski definition) is 1. The maximum Gasteiger partial charge on any atom is 0.0450 e. The lowest BCUT2D eigenvalue weighted by atomic mass is 10.2. The molecule has 0 aliphatic carbocycles. The predicted octanol–water partition coefficient (Wildman–Crippen LogP) is 2.60. The van der Waals surface area contributed by atoms with E-state index in [4.69, 9.17) is 5.11 Å². The molecular formula is C15H15NO. The van der Waals surface area contributed by atoms with Crippen molar-refractivity contribution in [2.45, 2.75) is 12.8 Å². The molecule has 0 spiro atoms. The maximum atomic E-state index is 8.63. The molecule has 0 saturated heterocycles. The topological polar surface area (TPSA) is 25.2 Å². The zero-order chi connectivity index (χ0) is 11.9. The Bertz CT molecular complexity index is 500. The molecule has 2 aromatic rings. The summed E-state index contributed by atoms with van der Waals surface area (Å²) in [7, 11) is 0. The van der Waals surface area contributed by atoms with Gasteiger partial charge in [0.2, 0.25) is 0 Å². The number of aliphatic hydroxyl groups excluding tert-OH is 1. The van der Waals surface area contributed by atoms with Crippen LogP contribution in [0.2, 0.25) is 0 Å². The molecular weight excluding hydrogens is 210 g/mol. The van der Waals surface area contributed by atoms with Gasteiger partial charge in [-0.15, -0.1) is 0 Å². The number of aliphatic hydroxyl groups is 1. The summed E-state index contributed by atoms with van der Waals surface area (Å²) < 4.78 is 2.06. The molecule has 2 nitrogen and oxygen atoms in total. The smallest absolute Gasteiger partial charge is 0.0450 e. The number of benzene rings is 1. The zero-order valence-corrected chi connectivity index (χ0v) is 9.63. The molecule has 0 saturated carbocycles. The van der Waals surface area contributed by atoms with Crippen molar-refractivity contribution in [2.75, 3.05) is 6.61 Å². The van der Waals surface area contributed by atoms with E-state index in [2.05, 4.69) is 28.5 Å². The Kier molecular flexibility index (Phi) is 4.01. The molecule has 1 aromatic heterocycles. The van der Waals surface area contributed by atoms with Gasteiger partial charge in [0.1, 0.15) is 0 Å². The summed E-state index contributed by atoms with van der Waals surface area (Å²) in [6.07, 6.45) is 5.52. The summed E-state index contributed by atoms with van der Waals surface area (Å²) in [5.41, 5.74) is 2.15. The molecule has 0 aliphatic heterocycles. The van der Waals surface area contributed by atoms with Crippen molar-refractivity contribution in [3.05, 3.63) is 54.4 Å². The van der Waals surface area contributed by atoms with Gasteiger partial charge in [0.15, 0.2) is 0 Å². The van der Waals surface area contributed by atoms with Crippen molar-refractivity contribution < 1.29 is 5.11 Å². The van der Waals surface area contributed by atoms with Crippen LogP contribution in [0.15, 0.2) is 48.8 Å². The van der Waals surface area contributed by atoms with E-state index in [1.807, 2.05) is 36.7 Å². The summed E-state index contributed by atoms with van der Waals surface area (Å²) in [6.45, 7) is 0.210. The average Bonchev–Trinajstić information content (AvgIpc) is 2.89. The van der Waals surface area contributed by atoms with Crippen LogP contribution in [-0.2, 0) is 0 Å². The molecule has 1 aromatic carbocycles. The van der Waals surface area contributed by atoms with Crippen LogP contribution in [-0.4, -0.2) is 16.3 Å². The highest BCUT2D eigenvalue weighted by Gasteiger charge is 1.93. The Hall–Kier alpha value is -1.98. The van der Waals surface area contributed by atoms with Crippen LogP contribution in [0.5, 0.6) is 0 Å². The monoisotopic (exact) mass is 225 g/mol. The number of hydrogen-bond donors (Lipinski definition) is 1. The van der Waals surface area contributed by atoms with Gasteiger partial charge in [-0.25, -0.2) is 0 Å². The first kappa shape index (κ1) is 11.5. The van der Waals surface area contributed by atoms with E-state index < -0.39 is 0 Å². The van der Waals surface area contributed by atoms with E-state index in [9.17, 15) is 0 Å². The van der Waals surface area contributed by atoms with Gasteiger partial charge in [0.05, 0.1) is 0 Å². The molecule has 2 heteroatoms. The minimum absolute atomic E-state index is 0.210. The second-order valence-electron chi connectivity index (χ2n) is 3.77. The lowest BCUT2D eigenvalue weighted by Gasteiger charge is -2.01. The minimum Gasteiger partial charge on any atom is -0.396 e. The van der Waals surface area contributed by atoms with E-state index in [1.165, 1.54) is 0 Å². The standard InChI is InChI=1S/C15H15NO/c17-13-5-1-2-6-14-7-9-15(10-8-14)16-11-3-4-12-16/h3-4,7-12,17H,1,5,13H2. The molecule has 17 heavy (non-hydrogen) atoms. The van der Waals surface area contributed by atoms with Crippen LogP contribution < -0.4 is 0 Å². The van der Waals surface area contributed by atoms with E-state index >= 15 is 0 Å². The van der Waals surface area contributed by atoms with E-state index in [-0.39, 0.29) is 6.61 Å². The van der Waals surface area contributed by atoms with E-state index in [1.54, 1.807) is 0 Å². The van der Waals surface area contributed by atoms with Crippen molar-refractivity contribution >= 4 is 0 Å². The average molecular weight is 225 g/mol. The van der Waals surface area contributed by atoms with Gasteiger partial charge in [-0.1, -0.05) is 11.8 Å². The number of unbranched alkanes of at least 4 members (excludes halogenated alkanes) is 1. The number of rotatable bonds is 3. The Labute approximate surface area is 102 Å². The normalized spacial score (nSPS) is 9.71. The van der Waals surface area contributed by atoms with Crippen LogP contribution in [0.25, 0.3) is 5.69 Å². The molecule has 0 amide bonds. The fraction of sp³-hybridized carbons (Fsp3) is 0.200. The quantitative estimate of drug-likeness (QED) is 0.630. The summed E-state index contributed by atoms with van der Waals surface area (Å²) in [5.74, 6) is 6.12. The largest absolute Gasteiger partial charge is 0.396 e. The number of aromatic nitrogens is 1. The summed E-state index contributed by atoms with van der Waals surface area (Å²) in [6, 6.07) is 12.1. The zero-order valence-electron chi connectivity index (χ0n) is 9.63. The Morgan fingerprint density at radius 1 is 1.06 bits per heavy atom. The molecule has 2 rings (SSSR count). The second kappa shape index (κ2) is 5.93. The summed E-state index contributed by atoms with van der Waals surface area (Å²) >= 11 is 0. The molecule has 1 N–H and O–H groups in total. The van der Waals surface area contributed by atoms with Gasteiger partial charge in [0, 0.05) is 36.7 Å². The van der Waals surface area contributed by atoms with Crippen LogP contribution >= 0.6 is 0 Å². The minimum atomic E-state index is 0.210. The fourth-order valence-electron chi connectivity index (χ4n) is 1.56. The third-order valence-electron chi connectivity index (χ3n) is 2.46. The Balaban J connectivity index is 2.05. The second-order valence-corrected chi connectivity index (χ2v) is 3.77. The molecule has 86 valence electrons. The lowest BCUT2D eigenvalue weighted by Crippen LogP contribution is -1.88. The highest BCUT2D eigenvalue weighted by Crippen LogP contribution is 2.09. The molecule has 1 heterocycles. The molecule has 0 bridgehead atoms. The number of nitrogens with zero attached hydrogens (tertiary/aromatic N) is 1. The van der Waals surface area contributed by atoms with Crippen molar-refractivity contribution in [1.82, 2.24) is 4.57 Å². The maximum absolute atomic E-state index is 8.63. The van der Waals surface area contributed by atoms with Gasteiger partial charge >= 0.3 is 0 Å². The van der Waals surface area contributed by atoms with Gasteiger partial charge in [-0.05, 0) is 42.8 Å². The van der Waals surface area contributed by atoms with Gasteiger partial charge < -0.3 is 9.67 Å². The van der Waals surface area contributed by atoms with Crippen molar-refractivity contribution in [1.29, 1.82) is 0 Å². The van der Waals surface area contributed by atoms with Crippen molar-refractivity contribution in [3.63, 3.8) is 0 Å². The summed E-state index contributed by atoms with van der Waals surface area (Å²) in [4.78, 5) is 0. The van der Waals surface area contributed by atoms with Crippen LogP contribution in [0.3, 0.4) is 0 Å². The highest BCUT2D eigenvalue weighted by atomic mass is 16.2. The lowest BCUT2D eigenvalue weighted by molar-refractivity contribution is 0.290. The first-order chi connectivity index (χ1) is 8.40. The van der Waals surface area contributed by atoms with Gasteiger partial charge in [-0.3, -0.25) is 0 Å². The van der Waals surface area contributed by atoms with Crippen LogP contribution in [0.4, 0.5) is 0 Å². The van der Waals surface area contributed by atoms with Gasteiger partial charge in [0.25, 0.3) is 0 Å². The van der Waals surface area contributed by atoms with E-state index in [0.717, 1.165) is 24.1 Å². The third-order valence-corrected chi connectivity index (χ3v) is 2.46. The van der Waals surface area contributed by atoms with E-state index in [0.29, 0.717) is 0 Å². The molecule has 0 aliphatic rings.